The van der Waals surface area contributed by atoms with Gasteiger partial charge in [-0.05, 0) is 35.4 Å². The summed E-state index contributed by atoms with van der Waals surface area (Å²) in [6, 6.07) is 9.46. The van der Waals surface area contributed by atoms with Crippen molar-refractivity contribution in [1.29, 1.82) is 0 Å². The second kappa shape index (κ2) is 11.5. The number of aromatic nitrogens is 3. The Labute approximate surface area is 253 Å². The Morgan fingerprint density at radius 2 is 1.76 bits per heavy atom. The van der Waals surface area contributed by atoms with Crippen molar-refractivity contribution in [3.8, 4) is 5.75 Å². The maximum Gasteiger partial charge on any atom is 0.272 e. The fraction of sp³-hybridized carbons (Fsp3) is 0.167. The maximum absolute atomic E-state index is 14.5. The zero-order valence-electron chi connectivity index (χ0n) is 23.7. The Hall–Kier alpha value is -6.12. The number of hydrogen-bond donors (Lipinski definition) is 5. The van der Waals surface area contributed by atoms with Crippen molar-refractivity contribution >= 4 is 45.8 Å². The third-order valence-electron chi connectivity index (χ3n) is 7.33. The molecule has 6 N–H and O–H groups in total. The van der Waals surface area contributed by atoms with Crippen LogP contribution in [0, 0.1) is 5.82 Å². The molecule has 1 aliphatic rings. The van der Waals surface area contributed by atoms with Crippen LogP contribution < -0.4 is 42.2 Å². The lowest BCUT2D eigenvalue weighted by Gasteiger charge is -2.22. The van der Waals surface area contributed by atoms with E-state index in [1.54, 1.807) is 18.2 Å². The molecule has 0 saturated heterocycles. The van der Waals surface area contributed by atoms with Crippen molar-refractivity contribution in [3.05, 3.63) is 103 Å². The second-order valence-electron chi connectivity index (χ2n) is 10.4. The van der Waals surface area contributed by atoms with Crippen LogP contribution in [0.1, 0.15) is 37.5 Å². The number of ether oxygens (including phenoxy) is 1. The Morgan fingerprint density at radius 3 is 2.53 bits per heavy atom. The fourth-order valence-corrected chi connectivity index (χ4v) is 5.04. The fourth-order valence-electron chi connectivity index (χ4n) is 5.04. The van der Waals surface area contributed by atoms with Crippen LogP contribution in [0.5, 0.6) is 5.75 Å². The van der Waals surface area contributed by atoms with E-state index in [0.29, 0.717) is 22.6 Å². The highest BCUT2D eigenvalue weighted by molar-refractivity contribution is 6.10. The summed E-state index contributed by atoms with van der Waals surface area (Å²) in [5.41, 5.74) is 6.75. The molecule has 0 atom stereocenters. The molecule has 0 fully saturated rings. The van der Waals surface area contributed by atoms with Gasteiger partial charge in [0.1, 0.15) is 34.8 Å². The SMILES string of the molecule is CN(Cc1cc(CNC(=O)c2c[nH]c3c(C(=O)NCc4ccc5c(c4)NC(=O)CO5)ncnc23)ccc1F)c1c(N)c(=O)c1=O. The lowest BCUT2D eigenvalue weighted by atomic mass is 10.1. The van der Waals surface area contributed by atoms with E-state index in [2.05, 4.69) is 30.9 Å². The molecule has 1 aliphatic heterocycles. The molecule has 45 heavy (non-hydrogen) atoms. The van der Waals surface area contributed by atoms with Gasteiger partial charge in [0.15, 0.2) is 12.3 Å². The van der Waals surface area contributed by atoms with Gasteiger partial charge in [-0.25, -0.2) is 14.4 Å². The third kappa shape index (κ3) is 5.53. The standard InChI is InChI=1S/C30H25FN8O6/c1-39(26-22(32)27(41)28(26)42)11-16-6-14(2-4-18(16)31)8-34-29(43)17-10-33-24-23(17)36-13-37-25(24)30(44)35-9-15-3-5-20-19(7-15)38-21(40)12-45-20/h2-7,10,13,33H,8-9,11-12,32H2,1H3,(H,34,43)(H,35,44)(H,38,40). The van der Waals surface area contributed by atoms with Gasteiger partial charge in [-0.15, -0.1) is 0 Å². The minimum atomic E-state index is -0.762. The van der Waals surface area contributed by atoms with Gasteiger partial charge < -0.3 is 36.3 Å². The van der Waals surface area contributed by atoms with E-state index >= 15 is 0 Å². The molecule has 0 aliphatic carbocycles. The van der Waals surface area contributed by atoms with Crippen molar-refractivity contribution in [1.82, 2.24) is 25.6 Å². The molecule has 228 valence electrons. The first kappa shape index (κ1) is 29.0. The van der Waals surface area contributed by atoms with E-state index in [0.717, 1.165) is 0 Å². The van der Waals surface area contributed by atoms with Gasteiger partial charge >= 0.3 is 0 Å². The summed E-state index contributed by atoms with van der Waals surface area (Å²) in [6.07, 6.45) is 2.59. The van der Waals surface area contributed by atoms with Crippen LogP contribution in [0.4, 0.5) is 21.5 Å². The van der Waals surface area contributed by atoms with Gasteiger partial charge in [0.2, 0.25) is 0 Å². The molecule has 2 aromatic heterocycles. The molecule has 0 bridgehead atoms. The normalized spacial score (nSPS) is 12.4. The molecule has 0 radical (unpaired) electrons. The molecular formula is C30H25FN8O6. The van der Waals surface area contributed by atoms with E-state index in [1.807, 2.05) is 0 Å². The predicted molar refractivity (Wildman–Crippen MR) is 161 cm³/mol. The van der Waals surface area contributed by atoms with Crippen molar-refractivity contribution in [3.63, 3.8) is 0 Å². The quantitative estimate of drug-likeness (QED) is 0.150. The lowest BCUT2D eigenvalue weighted by molar-refractivity contribution is -0.118. The molecular weight excluding hydrogens is 587 g/mol. The number of amides is 3. The molecule has 0 saturated carbocycles. The molecule has 15 heteroatoms. The topological polar surface area (TPSA) is 202 Å². The number of nitrogens with one attached hydrogen (secondary N) is 4. The first-order chi connectivity index (χ1) is 21.6. The van der Waals surface area contributed by atoms with Crippen LogP contribution in [0.2, 0.25) is 0 Å². The number of fused-ring (bicyclic) bond motifs is 2. The highest BCUT2D eigenvalue weighted by atomic mass is 19.1. The van der Waals surface area contributed by atoms with Crippen molar-refractivity contribution in [2.75, 3.05) is 29.6 Å². The average molecular weight is 613 g/mol. The smallest absolute Gasteiger partial charge is 0.272 e. The number of hydrogen-bond acceptors (Lipinski definition) is 10. The van der Waals surface area contributed by atoms with Crippen LogP contribution in [0.15, 0.2) is 58.5 Å². The molecule has 6 rings (SSSR count). The largest absolute Gasteiger partial charge is 0.482 e. The van der Waals surface area contributed by atoms with Crippen LogP contribution in [-0.4, -0.2) is 46.3 Å². The monoisotopic (exact) mass is 612 g/mol. The van der Waals surface area contributed by atoms with Gasteiger partial charge in [0.05, 0.1) is 16.8 Å². The molecule has 0 unspecified atom stereocenters. The Kier molecular flexibility index (Phi) is 7.42. The van der Waals surface area contributed by atoms with Crippen LogP contribution in [0.25, 0.3) is 11.0 Å². The van der Waals surface area contributed by atoms with Crippen LogP contribution in [-0.2, 0) is 24.4 Å². The number of aromatic amines is 1. The number of carbonyl (C=O) groups is 3. The Bertz CT molecular complexity index is 2080. The number of nitrogens with two attached hydrogens (primary N) is 1. The molecule has 3 aromatic carbocycles. The Morgan fingerprint density at radius 1 is 1.02 bits per heavy atom. The van der Waals surface area contributed by atoms with Gasteiger partial charge in [0.25, 0.3) is 28.6 Å². The zero-order chi connectivity index (χ0) is 31.8. The van der Waals surface area contributed by atoms with E-state index in [-0.39, 0.29) is 71.4 Å². The molecule has 5 aromatic rings. The van der Waals surface area contributed by atoms with Gasteiger partial charge in [-0.3, -0.25) is 24.0 Å². The average Bonchev–Trinajstić information content (AvgIpc) is 3.48. The summed E-state index contributed by atoms with van der Waals surface area (Å²) in [6.45, 7) is 0.0912. The first-order valence-electron chi connectivity index (χ1n) is 13.6. The highest BCUT2D eigenvalue weighted by Gasteiger charge is 2.23. The van der Waals surface area contributed by atoms with Crippen LogP contribution in [0.3, 0.4) is 0 Å². The minimum absolute atomic E-state index is 0.0235. The zero-order valence-corrected chi connectivity index (χ0v) is 23.7. The summed E-state index contributed by atoms with van der Waals surface area (Å²) in [7, 11) is 1.53. The first-order valence-corrected chi connectivity index (χ1v) is 13.6. The minimum Gasteiger partial charge on any atom is -0.482 e. The third-order valence-corrected chi connectivity index (χ3v) is 7.33. The van der Waals surface area contributed by atoms with Gasteiger partial charge in [0, 0.05) is 38.4 Å². The second-order valence-corrected chi connectivity index (χ2v) is 10.4. The number of H-pyrrole nitrogens is 1. The Balaban J connectivity index is 1.11. The van der Waals surface area contributed by atoms with E-state index in [9.17, 15) is 28.4 Å². The number of rotatable bonds is 9. The summed E-state index contributed by atoms with van der Waals surface area (Å²) < 4.78 is 19.9. The number of nitrogens with zero attached hydrogens (tertiary/aromatic N) is 3. The van der Waals surface area contributed by atoms with Crippen LogP contribution >= 0.6 is 0 Å². The van der Waals surface area contributed by atoms with Crippen molar-refractivity contribution < 1.29 is 23.5 Å². The van der Waals surface area contributed by atoms with Crippen molar-refractivity contribution in [2.24, 2.45) is 0 Å². The lowest BCUT2D eigenvalue weighted by Crippen LogP contribution is -2.40. The predicted octanol–water partition coefficient (Wildman–Crippen LogP) is 1.10. The maximum atomic E-state index is 14.5. The molecule has 14 nitrogen and oxygen atoms in total. The van der Waals surface area contributed by atoms with E-state index < -0.39 is 28.5 Å². The number of nitrogen functional groups attached to an aromatic ring is 1. The molecule has 0 spiro atoms. The highest BCUT2D eigenvalue weighted by Crippen LogP contribution is 2.28. The van der Waals surface area contributed by atoms with E-state index in [1.165, 1.54) is 42.7 Å². The summed E-state index contributed by atoms with van der Waals surface area (Å²) >= 11 is 0. The number of anilines is 3. The number of carbonyl (C=O) groups excluding carboxylic acids is 3. The van der Waals surface area contributed by atoms with E-state index in [4.69, 9.17) is 10.5 Å². The number of halogens is 1. The molecule has 3 heterocycles. The summed E-state index contributed by atoms with van der Waals surface area (Å²) in [5.74, 6) is -1.26. The van der Waals surface area contributed by atoms with Crippen molar-refractivity contribution in [2.45, 2.75) is 19.6 Å². The summed E-state index contributed by atoms with van der Waals surface area (Å²) in [4.78, 5) is 73.6. The number of benzene rings is 2. The summed E-state index contributed by atoms with van der Waals surface area (Å²) in [5, 5.41) is 8.25. The van der Waals surface area contributed by atoms with Gasteiger partial charge in [-0.2, -0.15) is 0 Å². The molecule has 3 amide bonds. The van der Waals surface area contributed by atoms with Gasteiger partial charge in [-0.1, -0.05) is 12.1 Å².